The van der Waals surface area contributed by atoms with Crippen LogP contribution in [0.25, 0.3) is 0 Å². The van der Waals surface area contributed by atoms with E-state index in [9.17, 15) is 13.6 Å². The Balaban J connectivity index is 1.55. The fraction of sp³-hybridized carbons (Fsp3) is 0.562. The first-order valence-corrected chi connectivity index (χ1v) is 7.51. The minimum Gasteiger partial charge on any atom is -0.445 e. The lowest BCUT2D eigenvalue weighted by Crippen LogP contribution is -2.73. The fourth-order valence-electron chi connectivity index (χ4n) is 3.28. The number of hydrogen-bond donors (Lipinski definition) is 1. The molecule has 2 fully saturated rings. The molecule has 1 aromatic carbocycles. The fourth-order valence-corrected chi connectivity index (χ4v) is 3.28. The lowest BCUT2D eigenvalue weighted by atomic mass is 9.67. The predicted molar refractivity (Wildman–Crippen MR) is 77.7 cm³/mol. The van der Waals surface area contributed by atoms with E-state index in [1.807, 2.05) is 30.3 Å². The summed E-state index contributed by atoms with van der Waals surface area (Å²) in [6.07, 6.45) is -0.135. The molecule has 2 aliphatic rings. The van der Waals surface area contributed by atoms with Gasteiger partial charge in [0.15, 0.2) is 0 Å². The predicted octanol–water partition coefficient (Wildman–Crippen LogP) is 2.64. The number of nitrogens with zero attached hydrogens (tertiary/aromatic N) is 1. The summed E-state index contributed by atoms with van der Waals surface area (Å²) in [7, 11) is 0. The largest absolute Gasteiger partial charge is 0.445 e. The molecular formula is C16H20F2N2O2. The molecule has 0 saturated carbocycles. The molecule has 2 heterocycles. The quantitative estimate of drug-likeness (QED) is 0.913. The van der Waals surface area contributed by atoms with Crippen LogP contribution < -0.4 is 5.32 Å². The highest BCUT2D eigenvalue weighted by atomic mass is 19.3. The van der Waals surface area contributed by atoms with E-state index in [0.29, 0.717) is 13.0 Å². The van der Waals surface area contributed by atoms with Crippen molar-refractivity contribution in [3.05, 3.63) is 35.9 Å². The van der Waals surface area contributed by atoms with Gasteiger partial charge in [0.25, 0.3) is 5.92 Å². The third kappa shape index (κ3) is 2.45. The van der Waals surface area contributed by atoms with Crippen molar-refractivity contribution in [1.29, 1.82) is 0 Å². The Labute approximate surface area is 128 Å². The highest BCUT2D eigenvalue weighted by Gasteiger charge is 2.65. The molecule has 22 heavy (non-hydrogen) atoms. The second-order valence-electron chi connectivity index (χ2n) is 6.23. The first-order valence-electron chi connectivity index (χ1n) is 7.51. The Morgan fingerprint density at radius 3 is 2.73 bits per heavy atom. The average molecular weight is 310 g/mol. The number of alkyl halides is 2. The average Bonchev–Trinajstić information content (AvgIpc) is 2.46. The maximum atomic E-state index is 14.3. The molecular weight excluding hydrogens is 290 g/mol. The number of amides is 1. The Bertz CT molecular complexity index is 544. The zero-order valence-electron chi connectivity index (χ0n) is 12.5. The van der Waals surface area contributed by atoms with E-state index in [-0.39, 0.29) is 19.7 Å². The highest BCUT2D eigenvalue weighted by molar-refractivity contribution is 5.69. The first-order chi connectivity index (χ1) is 10.4. The molecule has 1 atom stereocenters. The molecule has 1 N–H and O–H groups in total. The van der Waals surface area contributed by atoms with E-state index in [1.54, 1.807) is 0 Å². The number of rotatable bonds is 2. The summed E-state index contributed by atoms with van der Waals surface area (Å²) in [5, 5.41) is 2.80. The smallest absolute Gasteiger partial charge is 0.410 e. The van der Waals surface area contributed by atoms with Gasteiger partial charge in [0, 0.05) is 13.1 Å². The molecule has 3 rings (SSSR count). The lowest BCUT2D eigenvalue weighted by molar-refractivity contribution is -0.214. The summed E-state index contributed by atoms with van der Waals surface area (Å²) in [4.78, 5) is 13.3. The van der Waals surface area contributed by atoms with Gasteiger partial charge in [-0.3, -0.25) is 0 Å². The summed E-state index contributed by atoms with van der Waals surface area (Å²) in [6.45, 7) is 2.36. The standard InChI is InChI=1S/C16H20F2N2O2/c1-12-16(17,18)15(7-8-19-12)10-20(11-15)14(21)22-9-13-5-3-2-4-6-13/h2-6,12,19H,7-11H2,1H3. The molecule has 0 aliphatic carbocycles. The van der Waals surface area contributed by atoms with Gasteiger partial charge in [0.2, 0.25) is 0 Å². The van der Waals surface area contributed by atoms with Crippen molar-refractivity contribution in [2.45, 2.75) is 31.9 Å². The molecule has 2 saturated heterocycles. The number of likely N-dealkylation sites (tertiary alicyclic amines) is 1. The number of carbonyl (C=O) groups excluding carboxylic acids is 1. The van der Waals surface area contributed by atoms with Crippen molar-refractivity contribution in [1.82, 2.24) is 10.2 Å². The van der Waals surface area contributed by atoms with Crippen molar-refractivity contribution in [2.24, 2.45) is 5.41 Å². The van der Waals surface area contributed by atoms with Crippen LogP contribution in [-0.2, 0) is 11.3 Å². The Morgan fingerprint density at radius 1 is 1.36 bits per heavy atom. The second kappa shape index (κ2) is 5.50. The Hall–Kier alpha value is -1.69. The number of halogens is 2. The third-order valence-electron chi connectivity index (χ3n) is 4.76. The van der Waals surface area contributed by atoms with Gasteiger partial charge < -0.3 is 15.0 Å². The molecule has 1 unspecified atom stereocenters. The van der Waals surface area contributed by atoms with Gasteiger partial charge in [-0.1, -0.05) is 30.3 Å². The van der Waals surface area contributed by atoms with Crippen molar-refractivity contribution in [3.63, 3.8) is 0 Å². The number of nitrogens with one attached hydrogen (secondary N) is 1. The molecule has 2 aliphatic heterocycles. The van der Waals surface area contributed by atoms with Crippen LogP contribution in [0.3, 0.4) is 0 Å². The maximum Gasteiger partial charge on any atom is 0.410 e. The van der Waals surface area contributed by atoms with Crippen molar-refractivity contribution >= 4 is 6.09 Å². The van der Waals surface area contributed by atoms with Crippen LogP contribution in [0.2, 0.25) is 0 Å². The van der Waals surface area contributed by atoms with E-state index in [2.05, 4.69) is 5.32 Å². The summed E-state index contributed by atoms with van der Waals surface area (Å²) >= 11 is 0. The van der Waals surface area contributed by atoms with Crippen LogP contribution >= 0.6 is 0 Å². The minimum absolute atomic E-state index is 0.0691. The highest BCUT2D eigenvalue weighted by Crippen LogP contribution is 2.50. The van der Waals surface area contributed by atoms with Crippen LogP contribution in [0.1, 0.15) is 18.9 Å². The minimum atomic E-state index is -2.80. The van der Waals surface area contributed by atoms with Crippen LogP contribution in [0.4, 0.5) is 13.6 Å². The van der Waals surface area contributed by atoms with Crippen LogP contribution in [0.5, 0.6) is 0 Å². The van der Waals surface area contributed by atoms with Gasteiger partial charge in [0.05, 0.1) is 11.5 Å². The third-order valence-corrected chi connectivity index (χ3v) is 4.76. The van der Waals surface area contributed by atoms with Crippen LogP contribution in [-0.4, -0.2) is 42.6 Å². The van der Waals surface area contributed by atoms with E-state index < -0.39 is 23.5 Å². The number of benzene rings is 1. The Morgan fingerprint density at radius 2 is 2.05 bits per heavy atom. The van der Waals surface area contributed by atoms with Crippen molar-refractivity contribution in [2.75, 3.05) is 19.6 Å². The van der Waals surface area contributed by atoms with Crippen molar-refractivity contribution < 1.29 is 18.3 Å². The summed E-state index contributed by atoms with van der Waals surface area (Å²) in [6, 6.07) is 8.45. The van der Waals surface area contributed by atoms with Gasteiger partial charge in [-0.05, 0) is 25.5 Å². The molecule has 1 aromatic rings. The summed E-state index contributed by atoms with van der Waals surface area (Å²) in [5.74, 6) is -2.80. The van der Waals surface area contributed by atoms with E-state index in [4.69, 9.17) is 4.74 Å². The van der Waals surface area contributed by atoms with Gasteiger partial charge in [-0.2, -0.15) is 0 Å². The molecule has 0 bridgehead atoms. The van der Waals surface area contributed by atoms with Crippen LogP contribution in [0, 0.1) is 5.41 Å². The molecule has 1 spiro atoms. The maximum absolute atomic E-state index is 14.3. The van der Waals surface area contributed by atoms with Crippen molar-refractivity contribution in [3.8, 4) is 0 Å². The monoisotopic (exact) mass is 310 g/mol. The molecule has 6 heteroatoms. The number of carbonyl (C=O) groups is 1. The molecule has 4 nitrogen and oxygen atoms in total. The molecule has 0 aromatic heterocycles. The van der Waals surface area contributed by atoms with Crippen LogP contribution in [0.15, 0.2) is 30.3 Å². The first kappa shape index (κ1) is 15.2. The zero-order valence-corrected chi connectivity index (χ0v) is 12.5. The lowest BCUT2D eigenvalue weighted by Gasteiger charge is -2.56. The van der Waals surface area contributed by atoms with Gasteiger partial charge in [0.1, 0.15) is 6.61 Å². The molecule has 120 valence electrons. The van der Waals surface area contributed by atoms with E-state index in [1.165, 1.54) is 11.8 Å². The topological polar surface area (TPSA) is 41.6 Å². The van der Waals surface area contributed by atoms with E-state index in [0.717, 1.165) is 5.56 Å². The van der Waals surface area contributed by atoms with Gasteiger partial charge in [-0.15, -0.1) is 0 Å². The SMILES string of the molecule is CC1NCCC2(CN(C(=O)OCc3ccccc3)C2)C1(F)F. The van der Waals surface area contributed by atoms with Gasteiger partial charge in [-0.25, -0.2) is 13.6 Å². The summed E-state index contributed by atoms with van der Waals surface area (Å²) < 4.78 is 33.9. The number of hydrogen-bond acceptors (Lipinski definition) is 3. The number of ether oxygens (including phenoxy) is 1. The zero-order chi connectivity index (χ0) is 15.8. The molecule has 1 amide bonds. The Kier molecular flexibility index (Phi) is 3.80. The van der Waals surface area contributed by atoms with Gasteiger partial charge >= 0.3 is 6.09 Å². The normalized spacial score (nSPS) is 25.6. The number of piperidine rings is 1. The second-order valence-corrected chi connectivity index (χ2v) is 6.23. The summed E-state index contributed by atoms with van der Waals surface area (Å²) in [5.41, 5.74) is -0.212. The van der Waals surface area contributed by atoms with E-state index >= 15 is 0 Å². The molecule has 0 radical (unpaired) electrons.